The van der Waals surface area contributed by atoms with Gasteiger partial charge in [-0.15, -0.1) is 0 Å². The minimum atomic E-state index is -0.285. The molecule has 1 heterocycles. The zero-order valence-corrected chi connectivity index (χ0v) is 10.7. The molecular weight excluding hydrogens is 262 g/mol. The van der Waals surface area contributed by atoms with Gasteiger partial charge < -0.3 is 20.8 Å². The number of aryl methyl sites for hydroxylation is 1. The molecule has 0 bridgehead atoms. The van der Waals surface area contributed by atoms with Crippen molar-refractivity contribution < 1.29 is 14.5 Å². The molecule has 0 saturated heterocycles. The van der Waals surface area contributed by atoms with Gasteiger partial charge in [-0.2, -0.15) is 4.98 Å². The van der Waals surface area contributed by atoms with Gasteiger partial charge in [-0.05, 0) is 19.1 Å². The second-order valence-electron chi connectivity index (χ2n) is 3.98. The van der Waals surface area contributed by atoms with E-state index in [9.17, 15) is 4.79 Å². The quantitative estimate of drug-likeness (QED) is 0.321. The van der Waals surface area contributed by atoms with E-state index in [4.69, 9.17) is 15.5 Å². The van der Waals surface area contributed by atoms with E-state index in [-0.39, 0.29) is 18.3 Å². The van der Waals surface area contributed by atoms with Crippen LogP contribution >= 0.6 is 0 Å². The van der Waals surface area contributed by atoms with Gasteiger partial charge in [0.25, 0.3) is 5.91 Å². The first-order chi connectivity index (χ1) is 9.60. The highest BCUT2D eigenvalue weighted by atomic mass is 16.5. The standard InChI is InChI=1S/C12H13N5O3/c1-7-15-10(20-17-7)6-14-12(18)9-4-2-8(3-5-9)11(13)16-19/h2-5,19H,6H2,1H3,(H2,13,16)(H,14,18). The van der Waals surface area contributed by atoms with Crippen molar-refractivity contribution in [2.45, 2.75) is 13.5 Å². The van der Waals surface area contributed by atoms with Crippen LogP contribution in [0.25, 0.3) is 0 Å². The van der Waals surface area contributed by atoms with Crippen molar-refractivity contribution >= 4 is 11.7 Å². The Morgan fingerprint density at radius 1 is 1.40 bits per heavy atom. The van der Waals surface area contributed by atoms with Crippen LogP contribution in [0.5, 0.6) is 0 Å². The third-order valence-corrected chi connectivity index (χ3v) is 2.52. The maximum atomic E-state index is 11.9. The Kier molecular flexibility index (Phi) is 3.94. The predicted molar refractivity (Wildman–Crippen MR) is 69.2 cm³/mol. The first kappa shape index (κ1) is 13.5. The molecule has 8 heteroatoms. The van der Waals surface area contributed by atoms with E-state index in [1.54, 1.807) is 31.2 Å². The minimum absolute atomic E-state index is 0.0155. The van der Waals surface area contributed by atoms with Crippen LogP contribution in [0.15, 0.2) is 33.9 Å². The molecule has 0 saturated carbocycles. The molecule has 1 aromatic heterocycles. The van der Waals surface area contributed by atoms with Crippen molar-refractivity contribution in [3.63, 3.8) is 0 Å². The molecule has 0 aliphatic carbocycles. The molecule has 1 aromatic carbocycles. The third kappa shape index (κ3) is 3.10. The lowest BCUT2D eigenvalue weighted by Crippen LogP contribution is -2.23. The average molecular weight is 275 g/mol. The van der Waals surface area contributed by atoms with Gasteiger partial charge in [0, 0.05) is 11.1 Å². The number of carbonyl (C=O) groups is 1. The van der Waals surface area contributed by atoms with Crippen LogP contribution in [0.4, 0.5) is 0 Å². The zero-order valence-electron chi connectivity index (χ0n) is 10.7. The molecule has 0 fully saturated rings. The second-order valence-corrected chi connectivity index (χ2v) is 3.98. The summed E-state index contributed by atoms with van der Waals surface area (Å²) in [6.07, 6.45) is 0. The van der Waals surface area contributed by atoms with Crippen molar-refractivity contribution in [3.8, 4) is 0 Å². The Hall–Kier alpha value is -2.90. The summed E-state index contributed by atoms with van der Waals surface area (Å²) in [5.41, 5.74) is 6.39. The third-order valence-electron chi connectivity index (χ3n) is 2.52. The molecule has 20 heavy (non-hydrogen) atoms. The van der Waals surface area contributed by atoms with Gasteiger partial charge >= 0.3 is 0 Å². The smallest absolute Gasteiger partial charge is 0.251 e. The molecule has 104 valence electrons. The number of carbonyl (C=O) groups excluding carboxylic acids is 1. The number of oxime groups is 1. The van der Waals surface area contributed by atoms with Crippen LogP contribution in [0.2, 0.25) is 0 Å². The highest BCUT2D eigenvalue weighted by molar-refractivity contribution is 5.99. The first-order valence-electron chi connectivity index (χ1n) is 5.75. The Bertz CT molecular complexity index is 633. The van der Waals surface area contributed by atoms with Gasteiger partial charge in [-0.25, -0.2) is 0 Å². The van der Waals surface area contributed by atoms with Gasteiger partial charge in [0.2, 0.25) is 5.89 Å². The number of nitrogens with two attached hydrogens (primary N) is 1. The van der Waals surface area contributed by atoms with E-state index in [0.29, 0.717) is 22.8 Å². The Balaban J connectivity index is 1.99. The second kappa shape index (κ2) is 5.83. The molecule has 8 nitrogen and oxygen atoms in total. The number of amidine groups is 1. The summed E-state index contributed by atoms with van der Waals surface area (Å²) in [5, 5.41) is 17.7. The van der Waals surface area contributed by atoms with E-state index >= 15 is 0 Å². The fourth-order valence-electron chi connectivity index (χ4n) is 1.52. The fourth-order valence-corrected chi connectivity index (χ4v) is 1.52. The molecule has 0 radical (unpaired) electrons. The van der Waals surface area contributed by atoms with Crippen LogP contribution in [0, 0.1) is 6.92 Å². The normalized spacial score (nSPS) is 11.3. The average Bonchev–Trinajstić information content (AvgIpc) is 2.89. The summed E-state index contributed by atoms with van der Waals surface area (Å²) in [5.74, 6) is 0.548. The van der Waals surface area contributed by atoms with Crippen LogP contribution in [-0.2, 0) is 6.54 Å². The van der Waals surface area contributed by atoms with Crippen molar-refractivity contribution in [2.75, 3.05) is 0 Å². The molecule has 2 aromatic rings. The van der Waals surface area contributed by atoms with Gasteiger partial charge in [0.05, 0.1) is 6.54 Å². The van der Waals surface area contributed by atoms with Gasteiger partial charge in [0.1, 0.15) is 0 Å². The number of hydrogen-bond donors (Lipinski definition) is 3. The molecular formula is C12H13N5O3. The van der Waals surface area contributed by atoms with Crippen LogP contribution < -0.4 is 11.1 Å². The predicted octanol–water partition coefficient (Wildman–Crippen LogP) is 0.403. The molecule has 0 aliphatic rings. The van der Waals surface area contributed by atoms with Crippen LogP contribution in [0.1, 0.15) is 27.6 Å². The van der Waals surface area contributed by atoms with E-state index < -0.39 is 0 Å². The van der Waals surface area contributed by atoms with Crippen molar-refractivity contribution in [2.24, 2.45) is 10.9 Å². The zero-order chi connectivity index (χ0) is 14.5. The molecule has 0 atom stereocenters. The molecule has 1 amide bonds. The Morgan fingerprint density at radius 3 is 2.60 bits per heavy atom. The lowest BCUT2D eigenvalue weighted by Gasteiger charge is -2.03. The largest absolute Gasteiger partial charge is 0.409 e. The summed E-state index contributed by atoms with van der Waals surface area (Å²) in [7, 11) is 0. The molecule has 0 spiro atoms. The summed E-state index contributed by atoms with van der Waals surface area (Å²) in [6, 6.07) is 6.31. The maximum Gasteiger partial charge on any atom is 0.251 e. The molecule has 2 rings (SSSR count). The number of nitrogens with one attached hydrogen (secondary N) is 1. The summed E-state index contributed by atoms with van der Waals surface area (Å²) in [4.78, 5) is 15.8. The van der Waals surface area contributed by atoms with Crippen molar-refractivity contribution in [1.82, 2.24) is 15.5 Å². The van der Waals surface area contributed by atoms with E-state index in [2.05, 4.69) is 20.6 Å². The summed E-state index contributed by atoms with van der Waals surface area (Å²) < 4.78 is 4.88. The Morgan fingerprint density at radius 2 is 2.05 bits per heavy atom. The number of nitrogens with zero attached hydrogens (tertiary/aromatic N) is 3. The lowest BCUT2D eigenvalue weighted by atomic mass is 10.1. The van der Waals surface area contributed by atoms with Crippen molar-refractivity contribution in [1.29, 1.82) is 0 Å². The molecule has 4 N–H and O–H groups in total. The SMILES string of the molecule is Cc1noc(CNC(=O)c2ccc(C(N)=NO)cc2)n1. The number of amides is 1. The fraction of sp³-hybridized carbons (Fsp3) is 0.167. The molecule has 0 unspecified atom stereocenters. The number of rotatable bonds is 4. The highest BCUT2D eigenvalue weighted by Crippen LogP contribution is 2.05. The van der Waals surface area contributed by atoms with Gasteiger partial charge in [-0.3, -0.25) is 4.79 Å². The van der Waals surface area contributed by atoms with E-state index in [1.807, 2.05) is 0 Å². The lowest BCUT2D eigenvalue weighted by molar-refractivity contribution is 0.0946. The topological polar surface area (TPSA) is 127 Å². The number of aromatic nitrogens is 2. The van der Waals surface area contributed by atoms with E-state index in [0.717, 1.165) is 0 Å². The van der Waals surface area contributed by atoms with Crippen LogP contribution in [-0.4, -0.2) is 27.1 Å². The summed E-state index contributed by atoms with van der Waals surface area (Å²) >= 11 is 0. The van der Waals surface area contributed by atoms with Gasteiger partial charge in [-0.1, -0.05) is 22.4 Å². The highest BCUT2D eigenvalue weighted by Gasteiger charge is 2.09. The Labute approximate surface area is 114 Å². The number of hydrogen-bond acceptors (Lipinski definition) is 6. The minimum Gasteiger partial charge on any atom is -0.409 e. The van der Waals surface area contributed by atoms with Gasteiger partial charge in [0.15, 0.2) is 11.7 Å². The monoisotopic (exact) mass is 275 g/mol. The van der Waals surface area contributed by atoms with Crippen LogP contribution in [0.3, 0.4) is 0 Å². The summed E-state index contributed by atoms with van der Waals surface area (Å²) in [6.45, 7) is 1.85. The van der Waals surface area contributed by atoms with E-state index in [1.165, 1.54) is 0 Å². The number of benzene rings is 1. The van der Waals surface area contributed by atoms with Crippen molar-refractivity contribution in [3.05, 3.63) is 47.1 Å². The first-order valence-corrected chi connectivity index (χ1v) is 5.75. The molecule has 0 aliphatic heterocycles. The maximum absolute atomic E-state index is 11.9.